The Kier molecular flexibility index (Phi) is 4.94. The van der Waals surface area contributed by atoms with E-state index in [2.05, 4.69) is 11.6 Å². The van der Waals surface area contributed by atoms with Gasteiger partial charge in [0.15, 0.2) is 0 Å². The Morgan fingerprint density at radius 3 is 2.48 bits per heavy atom. The van der Waals surface area contributed by atoms with Crippen LogP contribution in [-0.2, 0) is 10.0 Å². The Bertz CT molecular complexity index is 611. The van der Waals surface area contributed by atoms with E-state index in [1.54, 1.807) is 6.92 Å². The minimum Gasteiger partial charge on any atom is -0.397 e. The summed E-state index contributed by atoms with van der Waals surface area (Å²) in [5, 5.41) is 0. The molecule has 0 aromatic heterocycles. The van der Waals surface area contributed by atoms with E-state index in [-0.39, 0.29) is 10.9 Å². The van der Waals surface area contributed by atoms with Crippen LogP contribution in [0.25, 0.3) is 0 Å². The van der Waals surface area contributed by atoms with Gasteiger partial charge in [0.1, 0.15) is 4.90 Å². The summed E-state index contributed by atoms with van der Waals surface area (Å²) >= 11 is 0. The van der Waals surface area contributed by atoms with E-state index in [0.29, 0.717) is 17.2 Å². The number of hydrogen-bond acceptors (Lipinski definition) is 3. The Labute approximate surface area is 128 Å². The third-order valence-corrected chi connectivity index (χ3v) is 6.18. The first-order chi connectivity index (χ1) is 9.81. The van der Waals surface area contributed by atoms with Crippen LogP contribution in [0.15, 0.2) is 17.0 Å². The van der Waals surface area contributed by atoms with Crippen LogP contribution in [0.2, 0.25) is 0 Å². The lowest BCUT2D eigenvalue weighted by Crippen LogP contribution is -2.35. The molecule has 0 amide bonds. The zero-order valence-corrected chi connectivity index (χ0v) is 14.0. The minimum atomic E-state index is -3.55. The monoisotopic (exact) mass is 310 g/mol. The molecule has 1 aliphatic carbocycles. The summed E-state index contributed by atoms with van der Waals surface area (Å²) in [7, 11) is -3.55. The van der Waals surface area contributed by atoms with Gasteiger partial charge in [-0.25, -0.2) is 13.1 Å². The fourth-order valence-corrected chi connectivity index (χ4v) is 4.78. The molecule has 5 heteroatoms. The van der Waals surface area contributed by atoms with E-state index < -0.39 is 10.0 Å². The lowest BCUT2D eigenvalue weighted by molar-refractivity contribution is 0.484. The van der Waals surface area contributed by atoms with Gasteiger partial charge in [0.25, 0.3) is 0 Å². The number of aryl methyl sites for hydroxylation is 2. The smallest absolute Gasteiger partial charge is 0.243 e. The quantitative estimate of drug-likeness (QED) is 0.665. The highest BCUT2D eigenvalue weighted by Gasteiger charge is 2.26. The minimum absolute atomic E-state index is 0.0271. The molecule has 2 rings (SSSR count). The summed E-state index contributed by atoms with van der Waals surface area (Å²) in [4.78, 5) is 0.250. The van der Waals surface area contributed by atoms with Crippen molar-refractivity contribution in [2.45, 2.75) is 63.8 Å². The van der Waals surface area contributed by atoms with Crippen molar-refractivity contribution in [3.63, 3.8) is 0 Å². The van der Waals surface area contributed by atoms with E-state index in [4.69, 9.17) is 5.73 Å². The van der Waals surface area contributed by atoms with Crippen molar-refractivity contribution in [3.8, 4) is 0 Å². The predicted octanol–water partition coefficient (Wildman–Crippen LogP) is 3.13. The largest absolute Gasteiger partial charge is 0.397 e. The second-order valence-electron chi connectivity index (χ2n) is 6.37. The standard InChI is InChI=1S/C16H26N2O2S/c1-11-5-4-6-14(10-7-11)18-21(19,20)16-13(3)9-8-12(2)15(16)17/h8-9,11,14,18H,4-7,10,17H2,1-3H3. The number of benzene rings is 1. The molecule has 0 spiro atoms. The first kappa shape index (κ1) is 16.3. The second-order valence-corrected chi connectivity index (χ2v) is 8.02. The van der Waals surface area contributed by atoms with Crippen LogP contribution >= 0.6 is 0 Å². The molecule has 0 saturated heterocycles. The van der Waals surface area contributed by atoms with Crippen molar-refractivity contribution in [2.75, 3.05) is 5.73 Å². The lowest BCUT2D eigenvalue weighted by atomic mass is 10.0. The molecular weight excluding hydrogens is 284 g/mol. The van der Waals surface area contributed by atoms with Crippen molar-refractivity contribution in [1.29, 1.82) is 0 Å². The van der Waals surface area contributed by atoms with Crippen LogP contribution in [0, 0.1) is 19.8 Å². The molecule has 0 heterocycles. The van der Waals surface area contributed by atoms with Gasteiger partial charge in [0.2, 0.25) is 10.0 Å². The van der Waals surface area contributed by atoms with Crippen LogP contribution in [0.3, 0.4) is 0 Å². The summed E-state index contributed by atoms with van der Waals surface area (Å²) in [6.45, 7) is 5.86. The Balaban J connectivity index is 2.25. The van der Waals surface area contributed by atoms with E-state index in [0.717, 1.165) is 31.2 Å². The van der Waals surface area contributed by atoms with Crippen molar-refractivity contribution >= 4 is 15.7 Å². The highest BCUT2D eigenvalue weighted by atomic mass is 32.2. The molecule has 0 aliphatic heterocycles. The van der Waals surface area contributed by atoms with Crippen molar-refractivity contribution in [1.82, 2.24) is 4.72 Å². The van der Waals surface area contributed by atoms with E-state index in [9.17, 15) is 8.42 Å². The molecule has 1 aromatic rings. The topological polar surface area (TPSA) is 72.2 Å². The summed E-state index contributed by atoms with van der Waals surface area (Å²) in [5.41, 5.74) is 7.88. The predicted molar refractivity (Wildman–Crippen MR) is 86.7 cm³/mol. The highest BCUT2D eigenvalue weighted by molar-refractivity contribution is 7.89. The Hall–Kier alpha value is -1.07. The van der Waals surface area contributed by atoms with Crippen molar-refractivity contribution < 1.29 is 8.42 Å². The number of sulfonamides is 1. The fourth-order valence-electron chi connectivity index (χ4n) is 3.05. The number of hydrogen-bond donors (Lipinski definition) is 2. The Morgan fingerprint density at radius 2 is 1.76 bits per heavy atom. The van der Waals surface area contributed by atoms with Gasteiger partial charge in [0, 0.05) is 6.04 Å². The third-order valence-electron chi connectivity index (χ3n) is 4.46. The first-order valence-electron chi connectivity index (χ1n) is 7.69. The van der Waals surface area contributed by atoms with Gasteiger partial charge in [-0.2, -0.15) is 0 Å². The first-order valence-corrected chi connectivity index (χ1v) is 9.17. The number of anilines is 1. The summed E-state index contributed by atoms with van der Waals surface area (Å²) < 4.78 is 28.3. The molecule has 21 heavy (non-hydrogen) atoms. The molecule has 1 saturated carbocycles. The van der Waals surface area contributed by atoms with Crippen molar-refractivity contribution in [3.05, 3.63) is 23.3 Å². The maximum atomic E-state index is 12.7. The Morgan fingerprint density at radius 1 is 1.10 bits per heavy atom. The molecule has 1 fully saturated rings. The second kappa shape index (κ2) is 6.36. The number of rotatable bonds is 3. The molecule has 1 aliphatic rings. The third kappa shape index (κ3) is 3.77. The molecular formula is C16H26N2O2S. The number of nitrogen functional groups attached to an aromatic ring is 1. The maximum Gasteiger partial charge on any atom is 0.243 e. The zero-order chi connectivity index (χ0) is 15.6. The van der Waals surface area contributed by atoms with Gasteiger partial charge < -0.3 is 5.73 Å². The van der Waals surface area contributed by atoms with Crippen LogP contribution in [0.1, 0.15) is 50.2 Å². The zero-order valence-electron chi connectivity index (χ0n) is 13.1. The van der Waals surface area contributed by atoms with Crippen molar-refractivity contribution in [2.24, 2.45) is 5.92 Å². The summed E-state index contributed by atoms with van der Waals surface area (Å²) in [5.74, 6) is 0.685. The van der Waals surface area contributed by atoms with Gasteiger partial charge in [-0.3, -0.25) is 0 Å². The number of nitrogens with one attached hydrogen (secondary N) is 1. The molecule has 1 aromatic carbocycles. The van der Waals surface area contributed by atoms with Gasteiger partial charge in [-0.1, -0.05) is 31.9 Å². The van der Waals surface area contributed by atoms with Gasteiger partial charge in [-0.15, -0.1) is 0 Å². The van der Waals surface area contributed by atoms with Crippen LogP contribution in [-0.4, -0.2) is 14.5 Å². The van der Waals surface area contributed by atoms with Crippen LogP contribution in [0.5, 0.6) is 0 Å². The maximum absolute atomic E-state index is 12.7. The molecule has 118 valence electrons. The molecule has 0 bridgehead atoms. The van der Waals surface area contributed by atoms with Gasteiger partial charge in [0.05, 0.1) is 5.69 Å². The molecule has 4 nitrogen and oxygen atoms in total. The SMILES string of the molecule is Cc1ccc(C)c(S(=O)(=O)NC2CCCC(C)CC2)c1N. The summed E-state index contributed by atoms with van der Waals surface area (Å²) in [6.07, 6.45) is 5.16. The fraction of sp³-hybridized carbons (Fsp3) is 0.625. The molecule has 2 atom stereocenters. The van der Waals surface area contributed by atoms with E-state index >= 15 is 0 Å². The number of nitrogens with two attached hydrogens (primary N) is 1. The molecule has 0 radical (unpaired) electrons. The molecule has 3 N–H and O–H groups in total. The average Bonchev–Trinajstić information content (AvgIpc) is 2.59. The highest BCUT2D eigenvalue weighted by Crippen LogP contribution is 2.28. The van der Waals surface area contributed by atoms with E-state index in [1.165, 1.54) is 6.42 Å². The molecule has 2 unspecified atom stereocenters. The lowest BCUT2D eigenvalue weighted by Gasteiger charge is -2.19. The average molecular weight is 310 g/mol. The van der Waals surface area contributed by atoms with Crippen LogP contribution < -0.4 is 10.5 Å². The van der Waals surface area contributed by atoms with Gasteiger partial charge in [-0.05, 0) is 50.2 Å². The van der Waals surface area contributed by atoms with E-state index in [1.807, 2.05) is 19.1 Å². The van der Waals surface area contributed by atoms with Crippen LogP contribution in [0.4, 0.5) is 5.69 Å². The van der Waals surface area contributed by atoms with Gasteiger partial charge >= 0.3 is 0 Å². The summed E-state index contributed by atoms with van der Waals surface area (Å²) in [6, 6.07) is 3.70. The normalized spacial score (nSPS) is 23.8.